The Hall–Kier alpha value is -3.55. The van der Waals surface area contributed by atoms with Crippen molar-refractivity contribution < 1.29 is 18.5 Å². The van der Waals surface area contributed by atoms with E-state index in [1.54, 1.807) is 12.1 Å². The largest absolute Gasteiger partial charge is 0.352 e. The normalized spacial score (nSPS) is 14.1. The second-order valence-electron chi connectivity index (χ2n) is 7.61. The molecule has 4 rings (SSSR count). The monoisotopic (exact) mass is 422 g/mol. The highest BCUT2D eigenvalue weighted by Crippen LogP contribution is 2.19. The summed E-state index contributed by atoms with van der Waals surface area (Å²) < 4.78 is 18.2. The molecule has 2 N–H and O–H groups in total. The van der Waals surface area contributed by atoms with Gasteiger partial charge in [-0.3, -0.25) is 9.59 Å². The molecule has 2 amide bonds. The number of carbonyl (C=O) groups excluding carboxylic acids is 2. The molecule has 1 atom stereocenters. The van der Waals surface area contributed by atoms with Crippen LogP contribution in [0.3, 0.4) is 0 Å². The van der Waals surface area contributed by atoms with Gasteiger partial charge in [0.1, 0.15) is 11.9 Å². The molecule has 2 aromatic carbocycles. The molecule has 0 aliphatic heterocycles. The van der Waals surface area contributed by atoms with E-state index >= 15 is 0 Å². The van der Waals surface area contributed by atoms with Crippen LogP contribution in [-0.2, 0) is 22.4 Å². The van der Waals surface area contributed by atoms with Gasteiger partial charge in [0.25, 0.3) is 0 Å². The van der Waals surface area contributed by atoms with Crippen molar-refractivity contribution in [3.8, 4) is 11.4 Å². The highest BCUT2D eigenvalue weighted by Gasteiger charge is 2.28. The van der Waals surface area contributed by atoms with Crippen LogP contribution in [0.15, 0.2) is 59.1 Å². The molecule has 0 radical (unpaired) electrons. The van der Waals surface area contributed by atoms with E-state index < -0.39 is 6.04 Å². The minimum Gasteiger partial charge on any atom is -0.352 e. The first-order valence-electron chi connectivity index (χ1n) is 10.3. The Morgan fingerprint density at radius 2 is 1.84 bits per heavy atom. The summed E-state index contributed by atoms with van der Waals surface area (Å²) in [4.78, 5) is 29.4. The van der Waals surface area contributed by atoms with Gasteiger partial charge in [0.2, 0.25) is 23.5 Å². The van der Waals surface area contributed by atoms with Gasteiger partial charge in [-0.25, -0.2) is 4.39 Å². The topological polar surface area (TPSA) is 97.1 Å². The third kappa shape index (κ3) is 5.97. The van der Waals surface area contributed by atoms with Crippen molar-refractivity contribution in [2.45, 2.75) is 44.2 Å². The van der Waals surface area contributed by atoms with Crippen LogP contribution in [0.4, 0.5) is 4.39 Å². The average molecular weight is 422 g/mol. The van der Waals surface area contributed by atoms with E-state index in [1.807, 2.05) is 30.3 Å². The number of nitrogens with one attached hydrogen (secondary N) is 2. The van der Waals surface area contributed by atoms with Gasteiger partial charge in [-0.1, -0.05) is 35.5 Å². The predicted molar refractivity (Wildman–Crippen MR) is 111 cm³/mol. The zero-order valence-corrected chi connectivity index (χ0v) is 16.9. The lowest BCUT2D eigenvalue weighted by Gasteiger charge is -2.18. The maximum Gasteiger partial charge on any atom is 0.243 e. The highest BCUT2D eigenvalue weighted by molar-refractivity contribution is 5.88. The maximum atomic E-state index is 13.1. The van der Waals surface area contributed by atoms with Crippen LogP contribution < -0.4 is 10.6 Å². The maximum absolute atomic E-state index is 13.1. The second-order valence-corrected chi connectivity index (χ2v) is 7.61. The van der Waals surface area contributed by atoms with E-state index in [9.17, 15) is 14.0 Å². The van der Waals surface area contributed by atoms with Gasteiger partial charge in [-0.15, -0.1) is 0 Å². The van der Waals surface area contributed by atoms with Crippen LogP contribution in [-0.4, -0.2) is 34.0 Å². The summed E-state index contributed by atoms with van der Waals surface area (Å²) in [6, 6.07) is 14.9. The van der Waals surface area contributed by atoms with Gasteiger partial charge in [0.15, 0.2) is 0 Å². The van der Waals surface area contributed by atoms with Crippen molar-refractivity contribution in [3.63, 3.8) is 0 Å². The number of carbonyl (C=O) groups is 2. The van der Waals surface area contributed by atoms with Crippen molar-refractivity contribution in [1.29, 1.82) is 0 Å². The minimum absolute atomic E-state index is 0.104. The smallest absolute Gasteiger partial charge is 0.243 e. The summed E-state index contributed by atoms with van der Waals surface area (Å²) in [5, 5.41) is 9.66. The zero-order valence-electron chi connectivity index (χ0n) is 16.9. The Bertz CT molecular complexity index is 1030. The molecule has 1 saturated carbocycles. The lowest BCUT2D eigenvalue weighted by atomic mass is 10.0. The van der Waals surface area contributed by atoms with E-state index in [4.69, 9.17) is 4.52 Å². The number of benzene rings is 2. The van der Waals surface area contributed by atoms with E-state index in [0.717, 1.165) is 18.4 Å². The summed E-state index contributed by atoms with van der Waals surface area (Å²) in [7, 11) is 0. The lowest BCUT2D eigenvalue weighted by Crippen LogP contribution is -2.48. The van der Waals surface area contributed by atoms with Crippen molar-refractivity contribution in [3.05, 3.63) is 71.9 Å². The molecule has 1 fully saturated rings. The molecular weight excluding hydrogens is 399 g/mol. The standard InChI is InChI=1S/C23H23FN4O3/c24-17-8-6-16(7-9-17)22-27-21(31-28-22)13-12-20(29)26-19(23(30)25-18-10-11-18)14-15-4-2-1-3-5-15/h1-9,18-19H,10-14H2,(H,25,30)(H,26,29). The number of rotatable bonds is 9. The van der Waals surface area contributed by atoms with Crippen LogP contribution in [0.25, 0.3) is 11.4 Å². The summed E-state index contributed by atoms with van der Waals surface area (Å²) in [5.41, 5.74) is 1.60. The van der Waals surface area contributed by atoms with Crippen molar-refractivity contribution in [2.75, 3.05) is 0 Å². The Balaban J connectivity index is 1.34. The fourth-order valence-corrected chi connectivity index (χ4v) is 3.15. The van der Waals surface area contributed by atoms with Crippen LogP contribution in [0, 0.1) is 5.82 Å². The number of hydrogen-bond acceptors (Lipinski definition) is 5. The van der Waals surface area contributed by atoms with Crippen LogP contribution in [0.1, 0.15) is 30.7 Å². The molecule has 0 saturated heterocycles. The summed E-state index contributed by atoms with van der Waals surface area (Å²) in [6.45, 7) is 0. The van der Waals surface area contributed by atoms with Crippen LogP contribution >= 0.6 is 0 Å². The van der Waals surface area contributed by atoms with Crippen molar-refractivity contribution in [1.82, 2.24) is 20.8 Å². The first-order chi connectivity index (χ1) is 15.1. The van der Waals surface area contributed by atoms with E-state index in [1.165, 1.54) is 12.1 Å². The third-order valence-electron chi connectivity index (χ3n) is 4.99. The number of hydrogen-bond donors (Lipinski definition) is 2. The van der Waals surface area contributed by atoms with E-state index in [-0.39, 0.29) is 36.5 Å². The van der Waals surface area contributed by atoms with Gasteiger partial charge in [-0.05, 0) is 42.7 Å². The number of aryl methyl sites for hydroxylation is 1. The molecule has 1 heterocycles. The van der Waals surface area contributed by atoms with Gasteiger partial charge < -0.3 is 15.2 Å². The molecule has 1 aliphatic rings. The van der Waals surface area contributed by atoms with Crippen molar-refractivity contribution in [2.24, 2.45) is 0 Å². The van der Waals surface area contributed by atoms with Gasteiger partial charge >= 0.3 is 0 Å². The number of halogens is 1. The second kappa shape index (κ2) is 9.51. The van der Waals surface area contributed by atoms with Gasteiger partial charge in [-0.2, -0.15) is 4.98 Å². The first-order valence-corrected chi connectivity index (χ1v) is 10.3. The fourth-order valence-electron chi connectivity index (χ4n) is 3.15. The summed E-state index contributed by atoms with van der Waals surface area (Å²) in [6.07, 6.45) is 2.71. The van der Waals surface area contributed by atoms with Gasteiger partial charge in [0.05, 0.1) is 0 Å². The fraction of sp³-hybridized carbons (Fsp3) is 0.304. The molecule has 0 spiro atoms. The number of aromatic nitrogens is 2. The molecule has 1 unspecified atom stereocenters. The Kier molecular flexibility index (Phi) is 6.35. The molecule has 1 aromatic heterocycles. The number of amides is 2. The van der Waals surface area contributed by atoms with Crippen LogP contribution in [0.5, 0.6) is 0 Å². The highest BCUT2D eigenvalue weighted by atomic mass is 19.1. The Labute approximate surface area is 179 Å². The minimum atomic E-state index is -0.645. The molecule has 1 aliphatic carbocycles. The quantitative estimate of drug-likeness (QED) is 0.553. The SMILES string of the molecule is O=C(CCc1nc(-c2ccc(F)cc2)no1)NC(Cc1ccccc1)C(=O)NC1CC1. The summed E-state index contributed by atoms with van der Waals surface area (Å²) >= 11 is 0. The molecule has 31 heavy (non-hydrogen) atoms. The Morgan fingerprint density at radius 1 is 1.10 bits per heavy atom. The molecule has 160 valence electrons. The summed E-state index contributed by atoms with van der Waals surface area (Å²) in [5.74, 6) is -0.151. The van der Waals surface area contributed by atoms with E-state index in [2.05, 4.69) is 20.8 Å². The molecule has 8 heteroatoms. The first kappa shape index (κ1) is 20.7. The van der Waals surface area contributed by atoms with Crippen molar-refractivity contribution >= 4 is 11.8 Å². The Morgan fingerprint density at radius 3 is 2.55 bits per heavy atom. The van der Waals surface area contributed by atoms with Gasteiger partial charge in [0, 0.05) is 30.9 Å². The molecule has 7 nitrogen and oxygen atoms in total. The zero-order chi connectivity index (χ0) is 21.6. The predicted octanol–water partition coefficient (Wildman–Crippen LogP) is 2.81. The lowest BCUT2D eigenvalue weighted by molar-refractivity contribution is -0.129. The molecule has 0 bridgehead atoms. The third-order valence-corrected chi connectivity index (χ3v) is 4.99. The average Bonchev–Trinajstić information content (AvgIpc) is 3.46. The van der Waals surface area contributed by atoms with Crippen LogP contribution in [0.2, 0.25) is 0 Å². The molecular formula is C23H23FN4O3. The molecule has 3 aromatic rings. The van der Waals surface area contributed by atoms with E-state index in [0.29, 0.717) is 23.7 Å². The number of nitrogens with zero attached hydrogens (tertiary/aromatic N) is 2.